The van der Waals surface area contributed by atoms with Gasteiger partial charge in [0.15, 0.2) is 11.5 Å². The Morgan fingerprint density at radius 3 is 2.39 bits per heavy atom. The van der Waals surface area contributed by atoms with Crippen LogP contribution in [0.1, 0.15) is 19.4 Å². The molecule has 0 aliphatic rings. The first-order valence-corrected chi connectivity index (χ1v) is 9.35. The van der Waals surface area contributed by atoms with E-state index in [4.69, 9.17) is 26.8 Å². The maximum absolute atomic E-state index is 12.0. The molecule has 0 heterocycles. The summed E-state index contributed by atoms with van der Waals surface area (Å²) in [7, 11) is 0. The summed E-state index contributed by atoms with van der Waals surface area (Å²) in [5.41, 5.74) is 7.36. The molecule has 28 heavy (non-hydrogen) atoms. The number of nitrogens with one attached hydrogen (secondary N) is 2. The molecule has 0 aliphatic carbocycles. The van der Waals surface area contributed by atoms with Crippen LogP contribution in [0, 0.1) is 0 Å². The lowest BCUT2D eigenvalue weighted by atomic mass is 10.1. The Kier molecular flexibility index (Phi) is 7.95. The summed E-state index contributed by atoms with van der Waals surface area (Å²) in [6, 6.07) is 10.2. The van der Waals surface area contributed by atoms with Crippen LogP contribution in [0.4, 0.5) is 11.4 Å². The second-order valence-corrected chi connectivity index (χ2v) is 6.25. The van der Waals surface area contributed by atoms with Gasteiger partial charge in [0.2, 0.25) is 0 Å². The molecule has 0 saturated carbocycles. The summed E-state index contributed by atoms with van der Waals surface area (Å²) in [6.45, 7) is 5.17. The van der Waals surface area contributed by atoms with Crippen molar-refractivity contribution < 1.29 is 19.1 Å². The van der Waals surface area contributed by atoms with Crippen LogP contribution in [0.3, 0.4) is 0 Å². The van der Waals surface area contributed by atoms with E-state index >= 15 is 0 Å². The molecule has 0 atom stereocenters. The van der Waals surface area contributed by atoms with Gasteiger partial charge in [-0.05, 0) is 56.2 Å². The molecule has 2 amide bonds. The fourth-order valence-electron chi connectivity index (χ4n) is 2.44. The Balaban J connectivity index is 1.87. The predicted octanol–water partition coefficient (Wildman–Crippen LogP) is 3.02. The van der Waals surface area contributed by atoms with Crippen LogP contribution in [0.25, 0.3) is 0 Å². The Hall–Kier alpha value is -2.93. The average Bonchev–Trinajstić information content (AvgIpc) is 2.67. The lowest BCUT2D eigenvalue weighted by Crippen LogP contribution is -2.36. The van der Waals surface area contributed by atoms with Crippen molar-refractivity contribution in [2.24, 2.45) is 0 Å². The number of halogens is 1. The van der Waals surface area contributed by atoms with Gasteiger partial charge in [-0.15, -0.1) is 0 Å². The highest BCUT2D eigenvalue weighted by Gasteiger charge is 2.14. The third kappa shape index (κ3) is 6.06. The fraction of sp³-hybridized carbons (Fsp3) is 0.300. The number of ether oxygens (including phenoxy) is 2. The molecule has 2 rings (SSSR count). The van der Waals surface area contributed by atoms with Gasteiger partial charge in [-0.1, -0.05) is 17.7 Å². The van der Waals surface area contributed by atoms with E-state index in [1.165, 1.54) is 6.07 Å². The van der Waals surface area contributed by atoms with Gasteiger partial charge in [-0.25, -0.2) is 0 Å². The average molecular weight is 406 g/mol. The maximum atomic E-state index is 12.0. The van der Waals surface area contributed by atoms with Crippen LogP contribution in [-0.4, -0.2) is 31.6 Å². The minimum atomic E-state index is -0.775. The summed E-state index contributed by atoms with van der Waals surface area (Å²) in [6.07, 6.45) is 0.541. The lowest BCUT2D eigenvalue weighted by Gasteiger charge is -2.12. The van der Waals surface area contributed by atoms with Crippen LogP contribution in [0.2, 0.25) is 5.02 Å². The molecule has 0 aromatic heterocycles. The Morgan fingerprint density at radius 1 is 1.00 bits per heavy atom. The monoisotopic (exact) mass is 405 g/mol. The maximum Gasteiger partial charge on any atom is 0.313 e. The number of nitrogens with two attached hydrogens (primary N) is 1. The molecule has 0 aliphatic heterocycles. The van der Waals surface area contributed by atoms with E-state index in [2.05, 4.69) is 10.6 Å². The van der Waals surface area contributed by atoms with Crippen molar-refractivity contribution in [1.82, 2.24) is 5.32 Å². The minimum Gasteiger partial charge on any atom is -0.490 e. The number of anilines is 2. The molecule has 0 bridgehead atoms. The highest BCUT2D eigenvalue weighted by atomic mass is 35.5. The number of carbonyl (C=O) groups excluding carboxylic acids is 2. The highest BCUT2D eigenvalue weighted by Crippen LogP contribution is 2.28. The fourth-order valence-corrected chi connectivity index (χ4v) is 2.62. The van der Waals surface area contributed by atoms with Crippen molar-refractivity contribution in [1.29, 1.82) is 0 Å². The molecule has 7 nitrogen and oxygen atoms in total. The molecular weight excluding hydrogens is 382 g/mol. The normalized spacial score (nSPS) is 10.2. The van der Waals surface area contributed by atoms with Gasteiger partial charge in [0, 0.05) is 12.2 Å². The van der Waals surface area contributed by atoms with E-state index in [9.17, 15) is 9.59 Å². The number of hydrogen-bond acceptors (Lipinski definition) is 5. The minimum absolute atomic E-state index is 0.300. The molecule has 0 saturated heterocycles. The zero-order valence-electron chi connectivity index (χ0n) is 15.9. The molecule has 0 spiro atoms. The topological polar surface area (TPSA) is 103 Å². The van der Waals surface area contributed by atoms with Crippen molar-refractivity contribution in [3.8, 4) is 11.5 Å². The Labute approximate surface area is 169 Å². The smallest absolute Gasteiger partial charge is 0.313 e. The molecule has 0 unspecified atom stereocenters. The van der Waals surface area contributed by atoms with Crippen LogP contribution in [-0.2, 0) is 16.0 Å². The van der Waals surface area contributed by atoms with E-state index < -0.39 is 11.8 Å². The van der Waals surface area contributed by atoms with Gasteiger partial charge in [-0.2, -0.15) is 0 Å². The van der Waals surface area contributed by atoms with Gasteiger partial charge in [0.05, 0.1) is 23.9 Å². The molecule has 8 heteroatoms. The number of carbonyl (C=O) groups is 2. The first-order chi connectivity index (χ1) is 13.4. The predicted molar refractivity (Wildman–Crippen MR) is 110 cm³/mol. The van der Waals surface area contributed by atoms with E-state index in [0.29, 0.717) is 54.1 Å². The third-order valence-corrected chi connectivity index (χ3v) is 4.10. The molecule has 150 valence electrons. The highest BCUT2D eigenvalue weighted by molar-refractivity contribution is 6.40. The van der Waals surface area contributed by atoms with Crippen molar-refractivity contribution in [3.63, 3.8) is 0 Å². The summed E-state index contributed by atoms with van der Waals surface area (Å²) < 4.78 is 11.1. The number of benzene rings is 2. The Bertz CT molecular complexity index is 842. The summed E-state index contributed by atoms with van der Waals surface area (Å²) >= 11 is 5.90. The van der Waals surface area contributed by atoms with E-state index in [-0.39, 0.29) is 0 Å². The zero-order chi connectivity index (χ0) is 20.5. The van der Waals surface area contributed by atoms with Gasteiger partial charge in [0.25, 0.3) is 0 Å². The molecular formula is C20H24ClN3O4. The van der Waals surface area contributed by atoms with Crippen molar-refractivity contribution in [2.45, 2.75) is 20.3 Å². The molecule has 2 aromatic carbocycles. The standard InChI is InChI=1S/C20H24ClN3O4/c1-3-27-17-8-5-13(11-18(17)28-4-2)9-10-23-19(25)20(26)24-14-6-7-16(22)15(21)12-14/h5-8,11-12H,3-4,9-10,22H2,1-2H3,(H,23,25)(H,24,26). The first kappa shape index (κ1) is 21.4. The van der Waals surface area contributed by atoms with E-state index in [0.717, 1.165) is 5.56 Å². The zero-order valence-corrected chi connectivity index (χ0v) is 16.6. The molecule has 0 radical (unpaired) electrons. The van der Waals surface area contributed by atoms with Gasteiger partial charge in [-0.3, -0.25) is 9.59 Å². The van der Waals surface area contributed by atoms with Crippen LogP contribution in [0.5, 0.6) is 11.5 Å². The van der Waals surface area contributed by atoms with Crippen LogP contribution < -0.4 is 25.8 Å². The molecule has 4 N–H and O–H groups in total. The number of rotatable bonds is 8. The second-order valence-electron chi connectivity index (χ2n) is 5.84. The molecule has 0 fully saturated rings. The van der Waals surface area contributed by atoms with Crippen LogP contribution in [0.15, 0.2) is 36.4 Å². The van der Waals surface area contributed by atoms with Gasteiger partial charge in [0.1, 0.15) is 0 Å². The number of amides is 2. The van der Waals surface area contributed by atoms with Crippen molar-refractivity contribution in [2.75, 3.05) is 30.8 Å². The summed E-state index contributed by atoms with van der Waals surface area (Å²) in [4.78, 5) is 23.9. The van der Waals surface area contributed by atoms with E-state index in [1.807, 2.05) is 32.0 Å². The summed E-state index contributed by atoms with van der Waals surface area (Å²) in [5, 5.41) is 5.37. The lowest BCUT2D eigenvalue weighted by molar-refractivity contribution is -0.136. The number of nitrogen functional groups attached to an aromatic ring is 1. The van der Waals surface area contributed by atoms with Crippen LogP contribution >= 0.6 is 11.6 Å². The third-order valence-electron chi connectivity index (χ3n) is 3.77. The number of hydrogen-bond donors (Lipinski definition) is 3. The molecule has 2 aromatic rings. The van der Waals surface area contributed by atoms with Crippen molar-refractivity contribution >= 4 is 34.8 Å². The second kappa shape index (κ2) is 10.4. The largest absolute Gasteiger partial charge is 0.490 e. The summed E-state index contributed by atoms with van der Waals surface area (Å²) in [5.74, 6) is -0.170. The van der Waals surface area contributed by atoms with E-state index in [1.54, 1.807) is 12.1 Å². The first-order valence-electron chi connectivity index (χ1n) is 8.97. The van der Waals surface area contributed by atoms with Gasteiger partial charge < -0.3 is 25.8 Å². The quantitative estimate of drug-likeness (QED) is 0.462. The Morgan fingerprint density at radius 2 is 1.71 bits per heavy atom. The van der Waals surface area contributed by atoms with Crippen molar-refractivity contribution in [3.05, 3.63) is 47.0 Å². The van der Waals surface area contributed by atoms with Gasteiger partial charge >= 0.3 is 11.8 Å². The SMILES string of the molecule is CCOc1ccc(CCNC(=O)C(=O)Nc2ccc(N)c(Cl)c2)cc1OCC.